The molecule has 190 valence electrons. The molecule has 0 saturated carbocycles. The molecule has 0 radical (unpaired) electrons. The number of hydrogen-bond acceptors (Lipinski definition) is 4. The average Bonchev–Trinajstić information content (AvgIpc) is 2.94. The molecule has 4 rings (SSSR count). The molecular formula is C30H24FN3O3S. The topological polar surface area (TPSA) is 87.3 Å². The first-order valence-electron chi connectivity index (χ1n) is 11.7. The van der Waals surface area contributed by atoms with Gasteiger partial charge in [-0.1, -0.05) is 48.5 Å². The molecule has 0 aliphatic rings. The van der Waals surface area contributed by atoms with E-state index in [1.165, 1.54) is 36.0 Å². The van der Waals surface area contributed by atoms with Crippen molar-refractivity contribution in [2.75, 3.05) is 16.4 Å². The van der Waals surface area contributed by atoms with Gasteiger partial charge in [0.15, 0.2) is 0 Å². The third-order valence-electron chi connectivity index (χ3n) is 5.25. The van der Waals surface area contributed by atoms with Gasteiger partial charge in [-0.15, -0.1) is 11.8 Å². The van der Waals surface area contributed by atoms with Crippen LogP contribution in [0.15, 0.2) is 120 Å². The maximum atomic E-state index is 13.1. The Bertz CT molecular complexity index is 1430. The zero-order valence-electron chi connectivity index (χ0n) is 20.2. The molecule has 8 heteroatoms. The fraction of sp³-hybridized carbons (Fsp3) is 0.0333. The molecule has 0 aliphatic carbocycles. The number of nitrogens with one attached hydrogen (secondary N) is 3. The van der Waals surface area contributed by atoms with Crippen molar-refractivity contribution in [1.82, 2.24) is 5.32 Å². The van der Waals surface area contributed by atoms with Crippen molar-refractivity contribution in [2.45, 2.75) is 4.90 Å². The van der Waals surface area contributed by atoms with Crippen LogP contribution < -0.4 is 16.0 Å². The van der Waals surface area contributed by atoms with Crippen molar-refractivity contribution in [1.29, 1.82) is 0 Å². The van der Waals surface area contributed by atoms with E-state index in [0.717, 1.165) is 10.5 Å². The summed E-state index contributed by atoms with van der Waals surface area (Å²) in [7, 11) is 0. The summed E-state index contributed by atoms with van der Waals surface area (Å²) < 4.78 is 13.0. The summed E-state index contributed by atoms with van der Waals surface area (Å²) in [5, 5.41) is 8.23. The molecule has 0 aliphatic heterocycles. The van der Waals surface area contributed by atoms with Gasteiger partial charge in [0.2, 0.25) is 5.91 Å². The van der Waals surface area contributed by atoms with Crippen LogP contribution in [0, 0.1) is 5.82 Å². The Hall–Kier alpha value is -4.69. The minimum atomic E-state index is -0.475. The normalized spacial score (nSPS) is 10.9. The maximum Gasteiger partial charge on any atom is 0.272 e. The molecule has 3 N–H and O–H groups in total. The Kier molecular flexibility index (Phi) is 9.04. The second-order valence-corrected chi connectivity index (χ2v) is 9.16. The number of thioether (sulfide) groups is 1. The van der Waals surface area contributed by atoms with Gasteiger partial charge in [-0.3, -0.25) is 14.4 Å². The van der Waals surface area contributed by atoms with Crippen LogP contribution in [-0.2, 0) is 9.59 Å². The van der Waals surface area contributed by atoms with E-state index in [2.05, 4.69) is 16.0 Å². The fourth-order valence-corrected chi connectivity index (χ4v) is 4.07. The Morgan fingerprint density at radius 3 is 1.95 bits per heavy atom. The molecule has 0 bridgehead atoms. The standard InChI is InChI=1S/C30H24FN3O3S/c31-23-11-13-24(14-12-23)32-28(35)20-38-26-17-15-25(16-18-26)33-30(37)27(19-21-7-3-1-4-8-21)34-29(36)22-9-5-2-6-10-22/h1-19H,20H2,(H,32,35)(H,33,37)(H,34,36)/b27-19-. The van der Waals surface area contributed by atoms with Gasteiger partial charge in [-0.05, 0) is 72.3 Å². The largest absolute Gasteiger partial charge is 0.325 e. The second-order valence-electron chi connectivity index (χ2n) is 8.11. The Balaban J connectivity index is 1.38. The SMILES string of the molecule is O=C(CSc1ccc(NC(=O)/C(=C/c2ccccc2)NC(=O)c2ccccc2)cc1)Nc1ccc(F)cc1. The van der Waals surface area contributed by atoms with E-state index < -0.39 is 11.8 Å². The van der Waals surface area contributed by atoms with Crippen LogP contribution in [0.1, 0.15) is 15.9 Å². The van der Waals surface area contributed by atoms with E-state index >= 15 is 0 Å². The van der Waals surface area contributed by atoms with Gasteiger partial charge in [0, 0.05) is 21.8 Å². The Morgan fingerprint density at radius 2 is 1.29 bits per heavy atom. The van der Waals surface area contributed by atoms with E-state index in [4.69, 9.17) is 0 Å². The zero-order chi connectivity index (χ0) is 26.7. The lowest BCUT2D eigenvalue weighted by molar-refractivity contribution is -0.114. The smallest absolute Gasteiger partial charge is 0.272 e. The van der Waals surface area contributed by atoms with Crippen molar-refractivity contribution in [3.8, 4) is 0 Å². The number of carbonyl (C=O) groups is 3. The monoisotopic (exact) mass is 525 g/mol. The molecule has 0 saturated heterocycles. The molecule has 0 heterocycles. The van der Waals surface area contributed by atoms with Crippen molar-refractivity contribution >= 4 is 46.9 Å². The van der Waals surface area contributed by atoms with Crippen LogP contribution in [0.25, 0.3) is 6.08 Å². The molecule has 0 spiro atoms. The van der Waals surface area contributed by atoms with E-state index in [9.17, 15) is 18.8 Å². The number of halogens is 1. The zero-order valence-corrected chi connectivity index (χ0v) is 21.0. The molecule has 4 aromatic carbocycles. The minimum Gasteiger partial charge on any atom is -0.325 e. The summed E-state index contributed by atoms with van der Waals surface area (Å²) in [4.78, 5) is 38.8. The molecule has 38 heavy (non-hydrogen) atoms. The summed E-state index contributed by atoms with van der Waals surface area (Å²) in [5.74, 6) is -1.29. The highest BCUT2D eigenvalue weighted by molar-refractivity contribution is 8.00. The van der Waals surface area contributed by atoms with Crippen LogP contribution in [-0.4, -0.2) is 23.5 Å². The summed E-state index contributed by atoms with van der Waals surface area (Å²) in [6.07, 6.45) is 1.61. The Morgan fingerprint density at radius 1 is 0.711 bits per heavy atom. The van der Waals surface area contributed by atoms with Gasteiger partial charge < -0.3 is 16.0 Å². The first-order chi connectivity index (χ1) is 18.5. The molecule has 0 fully saturated rings. The van der Waals surface area contributed by atoms with Gasteiger partial charge in [-0.2, -0.15) is 0 Å². The van der Waals surface area contributed by atoms with Gasteiger partial charge in [0.05, 0.1) is 5.75 Å². The highest BCUT2D eigenvalue weighted by Crippen LogP contribution is 2.21. The van der Waals surface area contributed by atoms with E-state index in [0.29, 0.717) is 16.9 Å². The van der Waals surface area contributed by atoms with Gasteiger partial charge >= 0.3 is 0 Å². The maximum absolute atomic E-state index is 13.1. The number of hydrogen-bond donors (Lipinski definition) is 3. The number of benzene rings is 4. The fourth-order valence-electron chi connectivity index (χ4n) is 3.37. The lowest BCUT2D eigenvalue weighted by Gasteiger charge is -2.12. The number of carbonyl (C=O) groups excluding carboxylic acids is 3. The molecule has 0 unspecified atom stereocenters. The van der Waals surface area contributed by atoms with Crippen LogP contribution in [0.2, 0.25) is 0 Å². The highest BCUT2D eigenvalue weighted by Gasteiger charge is 2.15. The van der Waals surface area contributed by atoms with Crippen molar-refractivity contribution in [3.63, 3.8) is 0 Å². The second kappa shape index (κ2) is 13.0. The number of anilines is 2. The first kappa shape index (κ1) is 26.4. The van der Waals surface area contributed by atoms with Crippen LogP contribution in [0.4, 0.5) is 15.8 Å². The quantitative estimate of drug-likeness (QED) is 0.186. The van der Waals surface area contributed by atoms with Gasteiger partial charge in [0.25, 0.3) is 11.8 Å². The average molecular weight is 526 g/mol. The Labute approximate surface area is 224 Å². The van der Waals surface area contributed by atoms with Gasteiger partial charge in [0.1, 0.15) is 11.5 Å². The number of rotatable bonds is 9. The van der Waals surface area contributed by atoms with E-state index in [1.807, 2.05) is 36.4 Å². The summed E-state index contributed by atoms with van der Waals surface area (Å²) in [6.45, 7) is 0. The molecule has 4 aromatic rings. The summed E-state index contributed by atoms with van der Waals surface area (Å²) in [5.41, 5.74) is 2.35. The first-order valence-corrected chi connectivity index (χ1v) is 12.7. The van der Waals surface area contributed by atoms with Gasteiger partial charge in [-0.25, -0.2) is 4.39 Å². The highest BCUT2D eigenvalue weighted by atomic mass is 32.2. The molecule has 0 atom stereocenters. The van der Waals surface area contributed by atoms with Crippen LogP contribution in [0.5, 0.6) is 0 Å². The molecule has 0 aromatic heterocycles. The van der Waals surface area contributed by atoms with Crippen molar-refractivity contribution < 1.29 is 18.8 Å². The minimum absolute atomic E-state index is 0.0981. The summed E-state index contributed by atoms with van der Waals surface area (Å²) >= 11 is 1.33. The van der Waals surface area contributed by atoms with Crippen LogP contribution in [0.3, 0.4) is 0 Å². The predicted octanol–water partition coefficient (Wildman–Crippen LogP) is 5.97. The van der Waals surface area contributed by atoms with Crippen LogP contribution >= 0.6 is 11.8 Å². The molecule has 6 nitrogen and oxygen atoms in total. The third kappa shape index (κ3) is 7.91. The number of amides is 3. The van der Waals surface area contributed by atoms with Crippen molar-refractivity contribution in [2.24, 2.45) is 0 Å². The molecular weight excluding hydrogens is 501 g/mol. The lowest BCUT2D eigenvalue weighted by Crippen LogP contribution is -2.30. The molecule has 3 amide bonds. The van der Waals surface area contributed by atoms with Crippen molar-refractivity contribution in [3.05, 3.63) is 132 Å². The van der Waals surface area contributed by atoms with E-state index in [-0.39, 0.29) is 23.2 Å². The predicted molar refractivity (Wildman–Crippen MR) is 149 cm³/mol. The van der Waals surface area contributed by atoms with E-state index in [1.54, 1.807) is 54.6 Å². The third-order valence-corrected chi connectivity index (χ3v) is 6.26. The lowest BCUT2D eigenvalue weighted by atomic mass is 10.1. The summed E-state index contributed by atoms with van der Waals surface area (Å²) in [6, 6.07) is 30.4.